The maximum atomic E-state index is 12.7. The highest BCUT2D eigenvalue weighted by molar-refractivity contribution is 7.18. The molecule has 8 heteroatoms. The molecule has 1 aromatic carbocycles. The van der Waals surface area contributed by atoms with E-state index in [4.69, 9.17) is 16.0 Å². The molecule has 1 aliphatic carbocycles. The molecule has 0 atom stereocenters. The lowest BCUT2D eigenvalue weighted by atomic mass is 9.97. The molecule has 1 N–H and O–H groups in total. The third-order valence-corrected chi connectivity index (χ3v) is 6.65. The number of rotatable bonds is 3. The Morgan fingerprint density at radius 3 is 2.79 bits per heavy atom. The number of carboxylic acid groups (broad SMARTS) is 1. The van der Waals surface area contributed by atoms with Gasteiger partial charge in [0.25, 0.3) is 5.56 Å². The van der Waals surface area contributed by atoms with Crippen LogP contribution in [0.25, 0.3) is 33.1 Å². The number of aromatic nitrogens is 2. The van der Waals surface area contributed by atoms with Gasteiger partial charge in [0, 0.05) is 21.0 Å². The molecule has 0 saturated carbocycles. The Kier molecular flexibility index (Phi) is 4.29. The number of nitrogens with one attached hydrogen (secondary N) is 1. The van der Waals surface area contributed by atoms with Crippen LogP contribution in [0.2, 0.25) is 5.02 Å². The monoisotopic (exact) mass is 425 g/mol. The van der Waals surface area contributed by atoms with Crippen molar-refractivity contribution >= 4 is 39.1 Å². The first kappa shape index (κ1) is 18.1. The van der Waals surface area contributed by atoms with Crippen LogP contribution in [0.5, 0.6) is 0 Å². The summed E-state index contributed by atoms with van der Waals surface area (Å²) >= 11 is 7.47. The average molecular weight is 426 g/mol. The number of carbonyl (C=O) groups is 1. The molecule has 0 unspecified atom stereocenters. The van der Waals surface area contributed by atoms with Crippen LogP contribution in [-0.2, 0) is 12.8 Å². The van der Waals surface area contributed by atoms with Gasteiger partial charge in [-0.05, 0) is 61.6 Å². The molecule has 5 rings (SSSR count). The van der Waals surface area contributed by atoms with Gasteiger partial charge >= 0.3 is 0 Å². The Bertz CT molecular complexity index is 1330. The van der Waals surface area contributed by atoms with Crippen LogP contribution in [0.1, 0.15) is 33.6 Å². The molecular formula is C21H14ClN2O4S-. The highest BCUT2D eigenvalue weighted by Crippen LogP contribution is 2.35. The number of hydrogen-bond donors (Lipinski definition) is 1. The normalized spacial score (nSPS) is 13.6. The average Bonchev–Trinajstić information content (AvgIpc) is 3.33. The molecule has 29 heavy (non-hydrogen) atoms. The van der Waals surface area contributed by atoms with Gasteiger partial charge in [-0.15, -0.1) is 11.3 Å². The third kappa shape index (κ3) is 3.07. The van der Waals surface area contributed by atoms with E-state index < -0.39 is 5.97 Å². The smallest absolute Gasteiger partial charge is 0.260 e. The van der Waals surface area contributed by atoms with Gasteiger partial charge in [-0.2, -0.15) is 0 Å². The second-order valence-electron chi connectivity index (χ2n) is 6.95. The topological polar surface area (TPSA) is 99.0 Å². The second kappa shape index (κ2) is 6.86. The molecule has 0 radical (unpaired) electrons. The number of aryl methyl sites for hydroxylation is 2. The molecule has 0 bridgehead atoms. The fourth-order valence-corrected chi connectivity index (χ4v) is 5.19. The standard InChI is InChI=1S/C21H15ClN2O4S/c22-13-6-5-10(9-12(13)21(26)27)14-7-8-15(28-14)18-23-19(25)17-11-3-1-2-4-16(11)29-20(17)24-18/h5-9H,1-4H2,(H,26,27)(H,23,24,25)/p-1. The largest absolute Gasteiger partial charge is 0.545 e. The Morgan fingerprint density at radius 2 is 1.97 bits per heavy atom. The minimum Gasteiger partial charge on any atom is -0.545 e. The van der Waals surface area contributed by atoms with E-state index >= 15 is 0 Å². The number of furan rings is 1. The van der Waals surface area contributed by atoms with Gasteiger partial charge in [-0.1, -0.05) is 11.6 Å². The van der Waals surface area contributed by atoms with E-state index in [1.165, 1.54) is 17.0 Å². The Morgan fingerprint density at radius 1 is 1.17 bits per heavy atom. The SMILES string of the molecule is O=C([O-])c1cc(-c2ccc(-c3nc4sc5c(c4c(=O)[nH]3)CCCC5)o2)ccc1Cl. The quantitative estimate of drug-likeness (QED) is 0.538. The van der Waals surface area contributed by atoms with Crippen LogP contribution >= 0.6 is 22.9 Å². The van der Waals surface area contributed by atoms with Crippen LogP contribution in [0, 0.1) is 0 Å². The number of H-pyrrole nitrogens is 1. The first-order valence-corrected chi connectivity index (χ1v) is 10.4. The van der Waals surface area contributed by atoms with Gasteiger partial charge in [0.05, 0.1) is 11.4 Å². The van der Waals surface area contributed by atoms with E-state index in [0.717, 1.165) is 36.1 Å². The maximum Gasteiger partial charge on any atom is 0.260 e. The number of halogens is 1. The molecule has 0 fully saturated rings. The van der Waals surface area contributed by atoms with Crippen LogP contribution in [0.15, 0.2) is 39.5 Å². The Balaban J connectivity index is 1.57. The zero-order chi connectivity index (χ0) is 20.1. The van der Waals surface area contributed by atoms with Gasteiger partial charge < -0.3 is 19.3 Å². The summed E-state index contributed by atoms with van der Waals surface area (Å²) in [4.78, 5) is 33.3. The van der Waals surface area contributed by atoms with Crippen LogP contribution in [-0.4, -0.2) is 15.9 Å². The van der Waals surface area contributed by atoms with E-state index in [0.29, 0.717) is 28.3 Å². The predicted molar refractivity (Wildman–Crippen MR) is 109 cm³/mol. The van der Waals surface area contributed by atoms with Crippen molar-refractivity contribution in [3.8, 4) is 22.9 Å². The summed E-state index contributed by atoms with van der Waals surface area (Å²) in [6.45, 7) is 0. The predicted octanol–water partition coefficient (Wildman–Crippen LogP) is 3.81. The number of carbonyl (C=O) groups excluding carboxylic acids is 1. The third-order valence-electron chi connectivity index (χ3n) is 5.14. The first-order valence-electron chi connectivity index (χ1n) is 9.17. The zero-order valence-corrected chi connectivity index (χ0v) is 16.7. The zero-order valence-electron chi connectivity index (χ0n) is 15.1. The van der Waals surface area contributed by atoms with Crippen molar-refractivity contribution in [1.29, 1.82) is 0 Å². The number of aromatic amines is 1. The van der Waals surface area contributed by atoms with Gasteiger partial charge in [0.2, 0.25) is 0 Å². The fraction of sp³-hybridized carbons (Fsp3) is 0.190. The van der Waals surface area contributed by atoms with Crippen molar-refractivity contribution < 1.29 is 14.3 Å². The van der Waals surface area contributed by atoms with Crippen molar-refractivity contribution in [2.75, 3.05) is 0 Å². The molecule has 146 valence electrons. The van der Waals surface area contributed by atoms with Crippen molar-refractivity contribution in [3.05, 3.63) is 61.7 Å². The molecule has 3 aromatic heterocycles. The number of fused-ring (bicyclic) bond motifs is 3. The summed E-state index contributed by atoms with van der Waals surface area (Å²) in [7, 11) is 0. The summed E-state index contributed by atoms with van der Waals surface area (Å²) in [5.41, 5.74) is 1.40. The number of carboxylic acids is 1. The number of thiophene rings is 1. The van der Waals surface area contributed by atoms with Gasteiger partial charge in [-0.3, -0.25) is 4.79 Å². The molecular weight excluding hydrogens is 412 g/mol. The maximum absolute atomic E-state index is 12.7. The van der Waals surface area contributed by atoms with E-state index in [1.807, 2.05) is 0 Å². The van der Waals surface area contributed by atoms with Crippen molar-refractivity contribution in [3.63, 3.8) is 0 Å². The van der Waals surface area contributed by atoms with E-state index in [1.54, 1.807) is 29.5 Å². The molecule has 0 amide bonds. The summed E-state index contributed by atoms with van der Waals surface area (Å²) in [6.07, 6.45) is 4.15. The van der Waals surface area contributed by atoms with Crippen molar-refractivity contribution in [2.45, 2.75) is 25.7 Å². The molecule has 4 aromatic rings. The fourth-order valence-electron chi connectivity index (χ4n) is 3.74. The van der Waals surface area contributed by atoms with Gasteiger partial charge in [-0.25, -0.2) is 4.98 Å². The van der Waals surface area contributed by atoms with E-state index in [2.05, 4.69) is 9.97 Å². The van der Waals surface area contributed by atoms with Gasteiger partial charge in [0.15, 0.2) is 11.6 Å². The van der Waals surface area contributed by atoms with Crippen molar-refractivity contribution in [1.82, 2.24) is 9.97 Å². The molecule has 1 aliphatic rings. The van der Waals surface area contributed by atoms with Crippen molar-refractivity contribution in [2.24, 2.45) is 0 Å². The summed E-state index contributed by atoms with van der Waals surface area (Å²) in [6, 6.07) is 7.92. The summed E-state index contributed by atoms with van der Waals surface area (Å²) in [5, 5.41) is 12.0. The number of nitrogens with zero attached hydrogens (tertiary/aromatic N) is 1. The molecule has 3 heterocycles. The Labute approximate surface area is 173 Å². The lowest BCUT2D eigenvalue weighted by Gasteiger charge is -2.09. The minimum atomic E-state index is -1.36. The van der Waals surface area contributed by atoms with E-state index in [9.17, 15) is 14.7 Å². The first-order chi connectivity index (χ1) is 14.0. The highest BCUT2D eigenvalue weighted by Gasteiger charge is 2.21. The number of hydrogen-bond acceptors (Lipinski definition) is 6. The van der Waals surface area contributed by atoms with Gasteiger partial charge in [0.1, 0.15) is 10.6 Å². The van der Waals surface area contributed by atoms with Crippen LogP contribution < -0.4 is 10.7 Å². The highest BCUT2D eigenvalue weighted by atomic mass is 35.5. The lowest BCUT2D eigenvalue weighted by molar-refractivity contribution is -0.255. The molecule has 0 spiro atoms. The number of benzene rings is 1. The molecule has 6 nitrogen and oxygen atoms in total. The molecule has 0 saturated heterocycles. The molecule has 0 aliphatic heterocycles. The number of aromatic carboxylic acids is 1. The van der Waals surface area contributed by atoms with Crippen LogP contribution in [0.4, 0.5) is 0 Å². The second-order valence-corrected chi connectivity index (χ2v) is 8.44. The summed E-state index contributed by atoms with van der Waals surface area (Å²) < 4.78 is 5.85. The van der Waals surface area contributed by atoms with Crippen LogP contribution in [0.3, 0.4) is 0 Å². The Hall–Kier alpha value is -2.90. The minimum absolute atomic E-state index is 0.0960. The van der Waals surface area contributed by atoms with E-state index in [-0.39, 0.29) is 16.1 Å². The summed E-state index contributed by atoms with van der Waals surface area (Å²) in [5.74, 6) is -0.175. The lowest BCUT2D eigenvalue weighted by Crippen LogP contribution is -2.22.